The summed E-state index contributed by atoms with van der Waals surface area (Å²) in [5.74, 6) is 4.61. The lowest BCUT2D eigenvalue weighted by molar-refractivity contribution is -0.144. The molecule has 10 heteroatoms. The molecule has 10 nitrogen and oxygen atoms in total. The molecule has 4 amide bonds. The molecule has 0 spiro atoms. The summed E-state index contributed by atoms with van der Waals surface area (Å²) in [4.78, 5) is 55.1. The molecule has 0 unspecified atom stereocenters. The maximum atomic E-state index is 13.1. The van der Waals surface area contributed by atoms with Gasteiger partial charge < -0.3 is 30.6 Å². The number of nitrogens with zero attached hydrogens (tertiary/aromatic N) is 2. The second kappa shape index (κ2) is 15.6. The van der Waals surface area contributed by atoms with Crippen molar-refractivity contribution in [3.05, 3.63) is 131 Å². The summed E-state index contributed by atoms with van der Waals surface area (Å²) in [6, 6.07) is 30.2. The Morgan fingerprint density at radius 3 is 1.28 bits per heavy atom. The minimum atomic E-state index is -1.32. The van der Waals surface area contributed by atoms with Gasteiger partial charge in [-0.3, -0.25) is 19.2 Å². The third-order valence-corrected chi connectivity index (χ3v) is 9.03. The predicted octanol–water partition coefficient (Wildman–Crippen LogP) is 4.41. The molecule has 4 aromatic carbocycles. The van der Waals surface area contributed by atoms with Gasteiger partial charge in [0.05, 0.1) is 0 Å². The number of hydrogen-bond donors (Lipinski definition) is 4. The molecule has 0 bridgehead atoms. The highest BCUT2D eigenvalue weighted by Crippen LogP contribution is 2.26. The van der Waals surface area contributed by atoms with E-state index >= 15 is 0 Å². The topological polar surface area (TPSA) is 139 Å². The Balaban J connectivity index is 1.01. The van der Waals surface area contributed by atoms with Gasteiger partial charge in [0.2, 0.25) is 11.8 Å². The van der Waals surface area contributed by atoms with Crippen molar-refractivity contribution in [3.8, 4) is 11.8 Å². The van der Waals surface area contributed by atoms with E-state index < -0.39 is 36.1 Å². The van der Waals surface area contributed by atoms with E-state index in [0.29, 0.717) is 61.3 Å². The van der Waals surface area contributed by atoms with E-state index in [9.17, 15) is 29.4 Å². The van der Waals surface area contributed by atoms with Crippen LogP contribution < -0.4 is 10.6 Å². The van der Waals surface area contributed by atoms with Crippen LogP contribution in [0.2, 0.25) is 0 Å². The maximum absolute atomic E-state index is 13.1. The number of benzene rings is 4. The molecule has 254 valence electrons. The molecule has 2 saturated heterocycles. The van der Waals surface area contributed by atoms with Crippen LogP contribution >= 0.6 is 0 Å². The lowest BCUT2D eigenvalue weighted by Crippen LogP contribution is -2.45. The number of hydrogen-bond acceptors (Lipinski definition) is 6. The molecule has 6 rings (SSSR count). The van der Waals surface area contributed by atoms with Crippen molar-refractivity contribution in [3.63, 3.8) is 0 Å². The zero-order chi connectivity index (χ0) is 35.0. The van der Waals surface area contributed by atoms with Crippen molar-refractivity contribution in [2.45, 2.75) is 50.0 Å². The van der Waals surface area contributed by atoms with Gasteiger partial charge in [-0.25, -0.2) is 0 Å². The van der Waals surface area contributed by atoms with Crippen LogP contribution in [-0.2, 0) is 19.2 Å². The van der Waals surface area contributed by atoms with Crippen molar-refractivity contribution in [2.75, 3.05) is 23.7 Å². The summed E-state index contributed by atoms with van der Waals surface area (Å²) in [5.41, 5.74) is 3.58. The lowest BCUT2D eigenvalue weighted by Gasteiger charge is -2.26. The number of amides is 4. The molecule has 2 heterocycles. The van der Waals surface area contributed by atoms with Crippen LogP contribution in [0.1, 0.15) is 60.1 Å². The summed E-state index contributed by atoms with van der Waals surface area (Å²) in [7, 11) is 0. The average molecular weight is 671 g/mol. The van der Waals surface area contributed by atoms with Crippen molar-refractivity contribution < 1.29 is 29.4 Å². The van der Waals surface area contributed by atoms with E-state index in [1.807, 2.05) is 12.1 Å². The highest BCUT2D eigenvalue weighted by atomic mass is 16.3. The van der Waals surface area contributed by atoms with Gasteiger partial charge in [-0.15, -0.1) is 0 Å². The molecule has 0 aromatic heterocycles. The molecule has 4 aromatic rings. The quantitative estimate of drug-likeness (QED) is 0.205. The van der Waals surface area contributed by atoms with E-state index in [4.69, 9.17) is 0 Å². The Bertz CT molecular complexity index is 1750. The fourth-order valence-corrected chi connectivity index (χ4v) is 6.35. The number of nitrogens with one attached hydrogen (secondary N) is 2. The van der Waals surface area contributed by atoms with Gasteiger partial charge in [-0.05, 0) is 85.3 Å². The second-order valence-corrected chi connectivity index (χ2v) is 12.4. The van der Waals surface area contributed by atoms with Crippen LogP contribution in [0, 0.1) is 11.8 Å². The van der Waals surface area contributed by atoms with Gasteiger partial charge in [-0.2, -0.15) is 0 Å². The molecule has 0 aliphatic carbocycles. The molecule has 4 N–H and O–H groups in total. The molecule has 50 heavy (non-hydrogen) atoms. The first kappa shape index (κ1) is 34.1. The number of anilines is 2. The van der Waals surface area contributed by atoms with E-state index in [-0.39, 0.29) is 11.8 Å². The standard InChI is InChI=1S/C40H38N4O6/c45-35(29-9-3-1-4-10-29)39(49)43-25-7-13-33(43)37(47)41-31-21-17-27(18-22-31)15-16-28-19-23-32(24-20-28)42-38(48)34-14-8-26-44(34)40(50)36(46)30-11-5-2-6-12-30/h1-6,9-12,17-24,33-36,45-46H,7-8,13-14,25-26H2,(H,41,47)(H,42,48)/t33-,34+,35+,36-. The van der Waals surface area contributed by atoms with Crippen LogP contribution in [0.15, 0.2) is 109 Å². The lowest BCUT2D eigenvalue weighted by atomic mass is 10.1. The normalized spacial score (nSPS) is 18.0. The Morgan fingerprint density at radius 1 is 0.560 bits per heavy atom. The van der Waals surface area contributed by atoms with E-state index in [1.165, 1.54) is 9.80 Å². The summed E-state index contributed by atoms with van der Waals surface area (Å²) < 4.78 is 0. The molecule has 2 aliphatic rings. The van der Waals surface area contributed by atoms with Crippen LogP contribution in [0.3, 0.4) is 0 Å². The number of rotatable bonds is 8. The van der Waals surface area contributed by atoms with Gasteiger partial charge >= 0.3 is 0 Å². The van der Waals surface area contributed by atoms with Crippen molar-refractivity contribution >= 4 is 35.0 Å². The fourth-order valence-electron chi connectivity index (χ4n) is 6.35. The maximum Gasteiger partial charge on any atom is 0.256 e. The van der Waals surface area contributed by atoms with Crippen LogP contribution in [0.25, 0.3) is 0 Å². The molecular formula is C40H38N4O6. The Labute approximate surface area is 290 Å². The molecular weight excluding hydrogens is 632 g/mol. The van der Waals surface area contributed by atoms with E-state index in [1.54, 1.807) is 97.1 Å². The third-order valence-electron chi connectivity index (χ3n) is 9.03. The Hall–Kier alpha value is -5.76. The zero-order valence-electron chi connectivity index (χ0n) is 27.4. The summed E-state index contributed by atoms with van der Waals surface area (Å²) in [6.45, 7) is 0.812. The smallest absolute Gasteiger partial charge is 0.256 e. The first-order chi connectivity index (χ1) is 24.3. The number of carbonyl (C=O) groups is 4. The zero-order valence-corrected chi connectivity index (χ0v) is 27.4. The van der Waals surface area contributed by atoms with Crippen LogP contribution in [0.5, 0.6) is 0 Å². The average Bonchev–Trinajstić information content (AvgIpc) is 3.86. The SMILES string of the molecule is O=C(Nc1ccc(C#Cc2ccc(NC(=O)[C@@H]3CCCN3C(=O)[C@H](O)c3ccccc3)cc2)cc1)[C@H]1CCCN1C(=O)[C@@H](O)c1ccccc1. The first-order valence-corrected chi connectivity index (χ1v) is 16.7. The molecule has 0 saturated carbocycles. The predicted molar refractivity (Wildman–Crippen MR) is 188 cm³/mol. The molecule has 2 aliphatic heterocycles. The molecule has 2 fully saturated rings. The number of aliphatic hydroxyl groups excluding tert-OH is 2. The van der Waals surface area contributed by atoms with Crippen molar-refractivity contribution in [2.24, 2.45) is 0 Å². The van der Waals surface area contributed by atoms with Gasteiger partial charge in [0.25, 0.3) is 11.8 Å². The highest BCUT2D eigenvalue weighted by Gasteiger charge is 2.38. The Kier molecular flexibility index (Phi) is 10.7. The van der Waals surface area contributed by atoms with Gasteiger partial charge in [0.15, 0.2) is 12.2 Å². The van der Waals surface area contributed by atoms with Crippen molar-refractivity contribution in [1.29, 1.82) is 0 Å². The minimum Gasteiger partial charge on any atom is -0.378 e. The van der Waals surface area contributed by atoms with E-state index in [0.717, 1.165) is 11.1 Å². The summed E-state index contributed by atoms with van der Waals surface area (Å²) in [5, 5.41) is 26.9. The number of aliphatic hydroxyl groups is 2. The van der Waals surface area contributed by atoms with E-state index in [2.05, 4.69) is 22.5 Å². The van der Waals surface area contributed by atoms with Crippen LogP contribution in [0.4, 0.5) is 11.4 Å². The monoisotopic (exact) mass is 670 g/mol. The fraction of sp³-hybridized carbons (Fsp3) is 0.250. The van der Waals surface area contributed by atoms with Gasteiger partial charge in [0.1, 0.15) is 12.1 Å². The number of likely N-dealkylation sites (tertiary alicyclic amines) is 2. The summed E-state index contributed by atoms with van der Waals surface area (Å²) >= 11 is 0. The highest BCUT2D eigenvalue weighted by molar-refractivity contribution is 5.99. The number of carbonyl (C=O) groups excluding carboxylic acids is 4. The first-order valence-electron chi connectivity index (χ1n) is 16.7. The Morgan fingerprint density at radius 2 is 0.920 bits per heavy atom. The second-order valence-electron chi connectivity index (χ2n) is 12.4. The molecule has 0 radical (unpaired) electrons. The molecule has 4 atom stereocenters. The van der Waals surface area contributed by atoms with Crippen LogP contribution in [-0.4, -0.2) is 68.8 Å². The van der Waals surface area contributed by atoms with Gasteiger partial charge in [-0.1, -0.05) is 72.5 Å². The summed E-state index contributed by atoms with van der Waals surface area (Å²) in [6.07, 6.45) is -0.260. The third kappa shape index (κ3) is 7.92. The van der Waals surface area contributed by atoms with Crippen molar-refractivity contribution in [1.82, 2.24) is 9.80 Å². The van der Waals surface area contributed by atoms with Gasteiger partial charge in [0, 0.05) is 35.6 Å². The largest absolute Gasteiger partial charge is 0.378 e. The minimum absolute atomic E-state index is 0.306.